The van der Waals surface area contributed by atoms with Gasteiger partial charge in [-0.05, 0) is 41.3 Å². The van der Waals surface area contributed by atoms with E-state index in [1.165, 1.54) is 5.56 Å². The minimum absolute atomic E-state index is 0.0797. The number of ether oxygens (including phenoxy) is 2. The minimum Gasteiger partial charge on any atom is -0.487 e. The highest BCUT2D eigenvalue weighted by Gasteiger charge is 2.33. The molecule has 1 fully saturated rings. The molecule has 29 heavy (non-hydrogen) atoms. The van der Waals surface area contributed by atoms with Crippen LogP contribution in [0.25, 0.3) is 0 Å². The van der Waals surface area contributed by atoms with Crippen LogP contribution in [0.3, 0.4) is 0 Å². The zero-order chi connectivity index (χ0) is 20.0. The Morgan fingerprint density at radius 1 is 1.31 bits per heavy atom. The lowest BCUT2D eigenvalue weighted by Gasteiger charge is -2.36. The first kappa shape index (κ1) is 18.4. The molecule has 1 amide bonds. The minimum atomic E-state index is -1.12. The number of carbonyl (C=O) groups is 1. The van der Waals surface area contributed by atoms with Crippen molar-refractivity contribution in [3.63, 3.8) is 0 Å². The van der Waals surface area contributed by atoms with Crippen LogP contribution in [0.5, 0.6) is 5.75 Å². The largest absolute Gasteiger partial charge is 0.487 e. The van der Waals surface area contributed by atoms with Crippen LogP contribution in [0.1, 0.15) is 46.1 Å². The molecule has 1 aromatic heterocycles. The van der Waals surface area contributed by atoms with Crippen LogP contribution < -0.4 is 15.0 Å². The molecule has 1 aromatic carbocycles. The Labute approximate surface area is 169 Å². The number of halogens is 1. The summed E-state index contributed by atoms with van der Waals surface area (Å²) in [7, 11) is 0. The Morgan fingerprint density at radius 2 is 2.17 bits per heavy atom. The van der Waals surface area contributed by atoms with E-state index in [4.69, 9.17) is 14.5 Å². The molecule has 0 aliphatic carbocycles. The van der Waals surface area contributed by atoms with Gasteiger partial charge in [0, 0.05) is 13.0 Å². The van der Waals surface area contributed by atoms with E-state index in [1.54, 1.807) is 0 Å². The van der Waals surface area contributed by atoms with Gasteiger partial charge in [0.2, 0.25) is 0 Å². The molecule has 7 heteroatoms. The normalized spacial score (nSPS) is 23.0. The van der Waals surface area contributed by atoms with Crippen molar-refractivity contribution in [1.82, 2.24) is 10.3 Å². The fourth-order valence-corrected chi connectivity index (χ4v) is 4.31. The van der Waals surface area contributed by atoms with Gasteiger partial charge in [-0.1, -0.05) is 13.0 Å². The molecule has 3 aliphatic rings. The monoisotopic (exact) mass is 397 g/mol. The van der Waals surface area contributed by atoms with E-state index >= 15 is 4.39 Å². The van der Waals surface area contributed by atoms with Crippen LogP contribution >= 0.6 is 0 Å². The Kier molecular flexibility index (Phi) is 4.62. The lowest BCUT2D eigenvalue weighted by molar-refractivity contribution is 0.0817. The van der Waals surface area contributed by atoms with Crippen molar-refractivity contribution in [2.75, 3.05) is 18.0 Å². The topological polar surface area (TPSA) is 63.7 Å². The second kappa shape index (κ2) is 7.30. The molecule has 0 bridgehead atoms. The number of nitrogens with zero attached hydrogens (tertiary/aromatic N) is 2. The van der Waals surface area contributed by atoms with E-state index in [1.807, 2.05) is 36.1 Å². The van der Waals surface area contributed by atoms with Crippen LogP contribution in [0, 0.1) is 0 Å². The van der Waals surface area contributed by atoms with Gasteiger partial charge < -0.3 is 19.7 Å². The molecule has 1 saturated heterocycles. The number of aromatic nitrogens is 1. The van der Waals surface area contributed by atoms with Gasteiger partial charge in [0.15, 0.2) is 6.17 Å². The van der Waals surface area contributed by atoms with E-state index in [0.29, 0.717) is 44.0 Å². The van der Waals surface area contributed by atoms with E-state index in [-0.39, 0.29) is 12.5 Å². The second-order valence-corrected chi connectivity index (χ2v) is 7.83. The molecule has 3 aliphatic heterocycles. The first-order valence-electron chi connectivity index (χ1n) is 10.2. The number of hydrogen-bond acceptors (Lipinski definition) is 5. The lowest BCUT2D eigenvalue weighted by atomic mass is 10.0. The maximum Gasteiger partial charge on any atom is 0.253 e. The van der Waals surface area contributed by atoms with Crippen LogP contribution in [-0.4, -0.2) is 36.3 Å². The third-order valence-electron chi connectivity index (χ3n) is 5.96. The average Bonchev–Trinajstić information content (AvgIpc) is 3.34. The van der Waals surface area contributed by atoms with E-state index in [2.05, 4.69) is 5.32 Å². The number of piperidine rings is 1. The Hall–Kier alpha value is -2.67. The Bertz CT molecular complexity index is 965. The standard InChI is InChI=1S/C22H24FN3O3/c1-2-13-8-17-19(9-24-22(17)27)25-21(13)26-6-5-20(18(23)10-26)29-16-4-3-14-11-28-12-15(14)7-16/h3-4,7-8,18,20H,2,5-6,9-12H2,1H3,(H,24,27)/t18?,20-/m1/s1. The van der Waals surface area contributed by atoms with Gasteiger partial charge in [0.1, 0.15) is 17.7 Å². The number of rotatable bonds is 4. The average molecular weight is 397 g/mol. The van der Waals surface area contributed by atoms with Gasteiger partial charge in [-0.15, -0.1) is 0 Å². The first-order chi connectivity index (χ1) is 14.1. The molecule has 1 unspecified atom stereocenters. The second-order valence-electron chi connectivity index (χ2n) is 7.83. The molecule has 0 radical (unpaired) electrons. The molecule has 1 N–H and O–H groups in total. The highest BCUT2D eigenvalue weighted by Crippen LogP contribution is 2.30. The molecule has 2 aromatic rings. The van der Waals surface area contributed by atoms with Gasteiger partial charge in [-0.3, -0.25) is 4.79 Å². The molecular weight excluding hydrogens is 373 g/mol. The molecular formula is C22H24FN3O3. The lowest BCUT2D eigenvalue weighted by Crippen LogP contribution is -2.47. The highest BCUT2D eigenvalue weighted by atomic mass is 19.1. The van der Waals surface area contributed by atoms with Crippen LogP contribution in [0.15, 0.2) is 24.3 Å². The quantitative estimate of drug-likeness (QED) is 0.860. The maximum atomic E-state index is 15.0. The zero-order valence-electron chi connectivity index (χ0n) is 16.4. The third kappa shape index (κ3) is 3.33. The molecule has 5 rings (SSSR count). The smallest absolute Gasteiger partial charge is 0.253 e. The first-order valence-corrected chi connectivity index (χ1v) is 10.2. The fourth-order valence-electron chi connectivity index (χ4n) is 4.31. The summed E-state index contributed by atoms with van der Waals surface area (Å²) in [6, 6.07) is 7.76. The number of amides is 1. The summed E-state index contributed by atoms with van der Waals surface area (Å²) < 4.78 is 26.5. The number of alkyl halides is 1. The number of nitrogens with one attached hydrogen (secondary N) is 1. The number of benzene rings is 1. The molecule has 0 spiro atoms. The highest BCUT2D eigenvalue weighted by molar-refractivity contribution is 5.98. The summed E-state index contributed by atoms with van der Waals surface area (Å²) in [6.45, 7) is 4.59. The van der Waals surface area contributed by atoms with Gasteiger partial charge >= 0.3 is 0 Å². The van der Waals surface area contributed by atoms with E-state index in [0.717, 1.165) is 29.1 Å². The predicted octanol–water partition coefficient (Wildman–Crippen LogP) is 2.91. The zero-order valence-corrected chi connectivity index (χ0v) is 16.4. The number of hydrogen-bond donors (Lipinski definition) is 1. The summed E-state index contributed by atoms with van der Waals surface area (Å²) >= 11 is 0. The predicted molar refractivity (Wildman–Crippen MR) is 106 cm³/mol. The van der Waals surface area contributed by atoms with Gasteiger partial charge in [0.05, 0.1) is 37.6 Å². The van der Waals surface area contributed by atoms with Crippen LogP contribution in [0.2, 0.25) is 0 Å². The summed E-state index contributed by atoms with van der Waals surface area (Å²) in [5.41, 5.74) is 4.66. The number of fused-ring (bicyclic) bond motifs is 2. The van der Waals surface area contributed by atoms with Crippen molar-refractivity contribution in [3.8, 4) is 5.75 Å². The number of anilines is 1. The summed E-state index contributed by atoms with van der Waals surface area (Å²) in [4.78, 5) is 18.6. The summed E-state index contributed by atoms with van der Waals surface area (Å²) in [6.07, 6.45) is -0.274. The molecule has 0 saturated carbocycles. The van der Waals surface area contributed by atoms with Gasteiger partial charge in [-0.25, -0.2) is 9.37 Å². The fraction of sp³-hybridized carbons (Fsp3) is 0.455. The molecule has 152 valence electrons. The van der Waals surface area contributed by atoms with Gasteiger partial charge in [0.25, 0.3) is 5.91 Å². The van der Waals surface area contributed by atoms with Gasteiger partial charge in [-0.2, -0.15) is 0 Å². The van der Waals surface area contributed by atoms with Crippen molar-refractivity contribution in [1.29, 1.82) is 0 Å². The summed E-state index contributed by atoms with van der Waals surface area (Å²) in [5, 5.41) is 2.80. The maximum absolute atomic E-state index is 15.0. The summed E-state index contributed by atoms with van der Waals surface area (Å²) in [5.74, 6) is 1.41. The third-order valence-corrected chi connectivity index (χ3v) is 5.96. The number of carbonyl (C=O) groups excluding carboxylic acids is 1. The van der Waals surface area contributed by atoms with Crippen molar-refractivity contribution in [2.45, 2.75) is 51.8 Å². The van der Waals surface area contributed by atoms with Crippen LogP contribution in [-0.2, 0) is 30.9 Å². The van der Waals surface area contributed by atoms with E-state index in [9.17, 15) is 4.79 Å². The SMILES string of the molecule is CCc1cc2c(nc1N1CC[C@@H](Oc3ccc4c(c3)COC4)C(F)C1)CNC2=O. The molecule has 6 nitrogen and oxygen atoms in total. The van der Waals surface area contributed by atoms with Crippen molar-refractivity contribution in [3.05, 3.63) is 52.2 Å². The Morgan fingerprint density at radius 3 is 3.00 bits per heavy atom. The van der Waals surface area contributed by atoms with Crippen LogP contribution in [0.4, 0.5) is 10.2 Å². The Balaban J connectivity index is 1.31. The molecule has 2 atom stereocenters. The number of pyridine rings is 1. The van der Waals surface area contributed by atoms with Crippen molar-refractivity contribution >= 4 is 11.7 Å². The number of aryl methyl sites for hydroxylation is 1. The molecule has 4 heterocycles. The van der Waals surface area contributed by atoms with Crippen molar-refractivity contribution in [2.24, 2.45) is 0 Å². The van der Waals surface area contributed by atoms with E-state index < -0.39 is 12.3 Å². The van der Waals surface area contributed by atoms with Crippen molar-refractivity contribution < 1.29 is 18.7 Å².